The number of amides is 1. The van der Waals surface area contributed by atoms with Crippen LogP contribution in [0.5, 0.6) is 0 Å². The number of hydrogen-bond donors (Lipinski definition) is 3. The zero-order valence-corrected chi connectivity index (χ0v) is 10.8. The smallest absolute Gasteiger partial charge is 0.271 e. The summed E-state index contributed by atoms with van der Waals surface area (Å²) < 4.78 is 0. The number of carbonyl (C=O) groups is 1. The van der Waals surface area contributed by atoms with Gasteiger partial charge < -0.3 is 10.4 Å². The van der Waals surface area contributed by atoms with Crippen LogP contribution in [-0.2, 0) is 6.42 Å². The lowest BCUT2D eigenvalue weighted by Gasteiger charge is -2.09. The molecule has 2 rings (SSSR count). The number of rotatable bonds is 5. The summed E-state index contributed by atoms with van der Waals surface area (Å²) in [5, 5.41) is 22.9. The van der Waals surface area contributed by atoms with Gasteiger partial charge in [0, 0.05) is 12.2 Å². The Hall–Kier alpha value is -1.66. The third-order valence-corrected chi connectivity index (χ3v) is 3.33. The van der Waals surface area contributed by atoms with Gasteiger partial charge in [-0.25, -0.2) is 0 Å². The van der Waals surface area contributed by atoms with Gasteiger partial charge in [-0.3, -0.25) is 9.89 Å². The topological polar surface area (TPSA) is 78.0 Å². The van der Waals surface area contributed by atoms with Crippen molar-refractivity contribution in [3.8, 4) is 0 Å². The van der Waals surface area contributed by atoms with E-state index < -0.39 is 6.10 Å². The molecule has 0 aliphatic rings. The minimum absolute atomic E-state index is 0.184. The first-order valence-electron chi connectivity index (χ1n) is 5.73. The molecule has 0 aliphatic heterocycles. The van der Waals surface area contributed by atoms with Crippen LogP contribution in [0.1, 0.15) is 34.8 Å². The van der Waals surface area contributed by atoms with Crippen molar-refractivity contribution >= 4 is 17.2 Å². The predicted molar refractivity (Wildman–Crippen MR) is 69.6 cm³/mol. The molecular weight excluding hydrogens is 250 g/mol. The zero-order chi connectivity index (χ0) is 13.0. The molecule has 2 aromatic rings. The highest BCUT2D eigenvalue weighted by molar-refractivity contribution is 7.07. The van der Waals surface area contributed by atoms with Crippen LogP contribution in [0.2, 0.25) is 0 Å². The molecule has 0 spiro atoms. The lowest BCUT2D eigenvalue weighted by atomic mass is 10.2. The lowest BCUT2D eigenvalue weighted by molar-refractivity contribution is 0.0911. The highest BCUT2D eigenvalue weighted by Gasteiger charge is 2.13. The number of H-pyrrole nitrogens is 1. The summed E-state index contributed by atoms with van der Waals surface area (Å²) in [5.74, 6) is -0.278. The molecule has 1 atom stereocenters. The third-order valence-electron chi connectivity index (χ3n) is 2.63. The highest BCUT2D eigenvalue weighted by atomic mass is 32.1. The quantitative estimate of drug-likeness (QED) is 0.766. The van der Waals surface area contributed by atoms with Gasteiger partial charge in [-0.2, -0.15) is 16.4 Å². The summed E-state index contributed by atoms with van der Waals surface area (Å²) >= 11 is 1.51. The number of aliphatic hydroxyl groups is 1. The molecule has 0 saturated carbocycles. The van der Waals surface area contributed by atoms with Crippen molar-refractivity contribution in [2.45, 2.75) is 19.4 Å². The van der Waals surface area contributed by atoms with Crippen molar-refractivity contribution in [3.05, 3.63) is 39.8 Å². The molecule has 1 amide bonds. The van der Waals surface area contributed by atoms with Crippen LogP contribution in [-0.4, -0.2) is 27.8 Å². The van der Waals surface area contributed by atoms with Crippen molar-refractivity contribution in [1.29, 1.82) is 0 Å². The van der Waals surface area contributed by atoms with E-state index in [4.69, 9.17) is 0 Å². The Labute approximate surface area is 109 Å². The Morgan fingerprint density at radius 1 is 1.67 bits per heavy atom. The second-order valence-electron chi connectivity index (χ2n) is 3.91. The number of carbonyl (C=O) groups excluding carboxylic acids is 1. The molecule has 96 valence electrons. The van der Waals surface area contributed by atoms with Gasteiger partial charge in [-0.1, -0.05) is 6.92 Å². The molecular formula is C12H15N3O2S. The Morgan fingerprint density at radius 2 is 2.50 bits per heavy atom. The molecule has 0 saturated heterocycles. The largest absolute Gasteiger partial charge is 0.387 e. The Balaban J connectivity index is 1.88. The fraction of sp³-hybridized carbons (Fsp3) is 0.333. The maximum atomic E-state index is 11.7. The second-order valence-corrected chi connectivity index (χ2v) is 4.69. The average molecular weight is 265 g/mol. The van der Waals surface area contributed by atoms with Gasteiger partial charge in [0.2, 0.25) is 0 Å². The molecule has 0 radical (unpaired) electrons. The summed E-state index contributed by atoms with van der Waals surface area (Å²) in [4.78, 5) is 11.7. The van der Waals surface area contributed by atoms with Crippen LogP contribution < -0.4 is 5.32 Å². The van der Waals surface area contributed by atoms with Crippen LogP contribution in [0.15, 0.2) is 22.9 Å². The van der Waals surface area contributed by atoms with Gasteiger partial charge >= 0.3 is 0 Å². The zero-order valence-electron chi connectivity index (χ0n) is 10.0. The highest BCUT2D eigenvalue weighted by Crippen LogP contribution is 2.15. The molecule has 6 heteroatoms. The number of nitrogens with one attached hydrogen (secondary N) is 2. The molecule has 18 heavy (non-hydrogen) atoms. The van der Waals surface area contributed by atoms with Crippen LogP contribution in [0.25, 0.3) is 0 Å². The van der Waals surface area contributed by atoms with Crippen LogP contribution in [0.4, 0.5) is 0 Å². The van der Waals surface area contributed by atoms with Gasteiger partial charge in [0.1, 0.15) is 5.69 Å². The van der Waals surface area contributed by atoms with Crippen molar-refractivity contribution in [2.75, 3.05) is 6.54 Å². The first kappa shape index (κ1) is 12.8. The molecule has 2 heterocycles. The minimum atomic E-state index is -0.676. The predicted octanol–water partition coefficient (Wildman–Crippen LogP) is 1.50. The first-order chi connectivity index (χ1) is 8.70. The van der Waals surface area contributed by atoms with E-state index in [2.05, 4.69) is 15.5 Å². The number of nitrogens with zero attached hydrogens (tertiary/aromatic N) is 1. The summed E-state index contributed by atoms with van der Waals surface area (Å²) in [6.07, 6.45) is 0.127. The van der Waals surface area contributed by atoms with Crippen LogP contribution in [0, 0.1) is 0 Å². The Kier molecular flexibility index (Phi) is 4.11. The standard InChI is InChI=1S/C12H15N3O2S/c1-2-9-5-10(15-14-9)12(17)13-6-11(16)8-3-4-18-7-8/h3-5,7,11,16H,2,6H2,1H3,(H,13,17)(H,14,15). The molecule has 0 aliphatic carbocycles. The van der Waals surface area contributed by atoms with E-state index >= 15 is 0 Å². The summed E-state index contributed by atoms with van der Waals surface area (Å²) in [6.45, 7) is 2.17. The maximum Gasteiger partial charge on any atom is 0.271 e. The SMILES string of the molecule is CCc1cc(C(=O)NCC(O)c2ccsc2)n[nH]1. The number of aromatic amines is 1. The third kappa shape index (κ3) is 2.96. The summed E-state index contributed by atoms with van der Waals surface area (Å²) in [5.41, 5.74) is 2.08. The van der Waals surface area contributed by atoms with Gasteiger partial charge in [0.25, 0.3) is 5.91 Å². The minimum Gasteiger partial charge on any atom is -0.387 e. The summed E-state index contributed by atoms with van der Waals surface area (Å²) in [7, 11) is 0. The molecule has 3 N–H and O–H groups in total. The molecule has 5 nitrogen and oxygen atoms in total. The van der Waals surface area contributed by atoms with Crippen molar-refractivity contribution in [1.82, 2.24) is 15.5 Å². The molecule has 0 bridgehead atoms. The van der Waals surface area contributed by atoms with E-state index in [1.165, 1.54) is 11.3 Å². The fourth-order valence-electron chi connectivity index (χ4n) is 1.52. The lowest BCUT2D eigenvalue weighted by Crippen LogP contribution is -2.28. The number of thiophene rings is 1. The Bertz CT molecular complexity index is 507. The van der Waals surface area contributed by atoms with E-state index in [0.717, 1.165) is 17.7 Å². The first-order valence-corrected chi connectivity index (χ1v) is 6.67. The van der Waals surface area contributed by atoms with Crippen molar-refractivity contribution in [2.24, 2.45) is 0 Å². The van der Waals surface area contributed by atoms with Gasteiger partial charge in [0.05, 0.1) is 6.10 Å². The van der Waals surface area contributed by atoms with Gasteiger partial charge in [-0.15, -0.1) is 0 Å². The van der Waals surface area contributed by atoms with E-state index in [1.54, 1.807) is 6.07 Å². The second kappa shape index (κ2) is 5.79. The molecule has 0 aromatic carbocycles. The van der Waals surface area contributed by atoms with E-state index in [0.29, 0.717) is 5.69 Å². The van der Waals surface area contributed by atoms with Crippen molar-refractivity contribution < 1.29 is 9.90 Å². The van der Waals surface area contributed by atoms with Crippen LogP contribution in [0.3, 0.4) is 0 Å². The average Bonchev–Trinajstić information content (AvgIpc) is 3.05. The van der Waals surface area contributed by atoms with Gasteiger partial charge in [0.15, 0.2) is 0 Å². The van der Waals surface area contributed by atoms with Gasteiger partial charge in [-0.05, 0) is 34.9 Å². The number of aliphatic hydroxyl groups excluding tert-OH is 1. The normalized spacial score (nSPS) is 12.3. The Morgan fingerprint density at radius 3 is 3.11 bits per heavy atom. The molecule has 2 aromatic heterocycles. The van der Waals surface area contributed by atoms with E-state index in [1.807, 2.05) is 23.8 Å². The molecule has 1 unspecified atom stereocenters. The number of aryl methyl sites for hydroxylation is 1. The van der Waals surface area contributed by atoms with Crippen molar-refractivity contribution in [3.63, 3.8) is 0 Å². The molecule has 0 fully saturated rings. The fourth-order valence-corrected chi connectivity index (χ4v) is 2.23. The van der Waals surface area contributed by atoms with E-state index in [-0.39, 0.29) is 12.5 Å². The number of hydrogen-bond acceptors (Lipinski definition) is 4. The number of aromatic nitrogens is 2. The monoisotopic (exact) mass is 265 g/mol. The summed E-state index contributed by atoms with van der Waals surface area (Å²) in [6, 6.07) is 3.55. The van der Waals surface area contributed by atoms with E-state index in [9.17, 15) is 9.90 Å². The van der Waals surface area contributed by atoms with Crippen LogP contribution >= 0.6 is 11.3 Å². The maximum absolute atomic E-state index is 11.7.